The zero-order chi connectivity index (χ0) is 12.3. The van der Waals surface area contributed by atoms with Crippen LogP contribution < -0.4 is 15.4 Å². The van der Waals surface area contributed by atoms with E-state index in [0.29, 0.717) is 17.9 Å². The van der Waals surface area contributed by atoms with Gasteiger partial charge in [-0.25, -0.2) is 0 Å². The van der Waals surface area contributed by atoms with Crippen molar-refractivity contribution in [2.45, 2.75) is 12.5 Å². The van der Waals surface area contributed by atoms with E-state index in [4.69, 9.17) is 4.74 Å². The van der Waals surface area contributed by atoms with E-state index >= 15 is 0 Å². The number of aliphatic hydroxyl groups is 1. The number of rotatable bonds is 4. The molecule has 0 fully saturated rings. The minimum atomic E-state index is -0.536. The normalized spacial score (nSPS) is 15.8. The molecule has 0 radical (unpaired) electrons. The number of benzene rings is 1. The molecule has 0 saturated carbocycles. The van der Waals surface area contributed by atoms with Gasteiger partial charge in [-0.15, -0.1) is 0 Å². The van der Waals surface area contributed by atoms with Crippen LogP contribution in [0.15, 0.2) is 18.2 Å². The van der Waals surface area contributed by atoms with Gasteiger partial charge in [0.1, 0.15) is 5.75 Å². The smallest absolute Gasteiger partial charge is 0.262 e. The zero-order valence-electron chi connectivity index (χ0n) is 9.69. The molecule has 5 nitrogen and oxygen atoms in total. The first-order valence-corrected chi connectivity index (χ1v) is 5.60. The zero-order valence-corrected chi connectivity index (χ0v) is 9.69. The van der Waals surface area contributed by atoms with Crippen LogP contribution in [0.5, 0.6) is 5.75 Å². The molecule has 1 atom stereocenters. The summed E-state index contributed by atoms with van der Waals surface area (Å²) in [5.41, 5.74) is 1.41. The Balaban J connectivity index is 2.14. The molecular weight excluding hydrogens is 220 g/mol. The van der Waals surface area contributed by atoms with Crippen LogP contribution in [0.4, 0.5) is 5.69 Å². The second-order valence-electron chi connectivity index (χ2n) is 4.00. The summed E-state index contributed by atoms with van der Waals surface area (Å²) in [6, 6.07) is 5.34. The molecule has 0 bridgehead atoms. The molecule has 1 aliphatic rings. The Labute approximate surface area is 99.8 Å². The molecule has 1 amide bonds. The summed E-state index contributed by atoms with van der Waals surface area (Å²) in [5, 5.41) is 15.6. The van der Waals surface area contributed by atoms with Crippen molar-refractivity contribution in [2.75, 3.05) is 25.5 Å². The van der Waals surface area contributed by atoms with Crippen molar-refractivity contribution in [2.24, 2.45) is 0 Å². The number of amides is 1. The van der Waals surface area contributed by atoms with Gasteiger partial charge in [-0.1, -0.05) is 6.07 Å². The van der Waals surface area contributed by atoms with E-state index in [0.717, 1.165) is 12.1 Å². The van der Waals surface area contributed by atoms with Gasteiger partial charge in [0.25, 0.3) is 5.91 Å². The van der Waals surface area contributed by atoms with Crippen LogP contribution in [0.3, 0.4) is 0 Å². The third-order valence-corrected chi connectivity index (χ3v) is 2.69. The molecular formula is C12H16N2O3. The van der Waals surface area contributed by atoms with E-state index < -0.39 is 6.10 Å². The van der Waals surface area contributed by atoms with Crippen molar-refractivity contribution in [1.29, 1.82) is 0 Å². The van der Waals surface area contributed by atoms with E-state index in [1.54, 1.807) is 12.1 Å². The molecule has 5 heteroatoms. The average Bonchev–Trinajstić information content (AvgIpc) is 2.35. The molecule has 0 saturated heterocycles. The van der Waals surface area contributed by atoms with Crippen molar-refractivity contribution >= 4 is 11.6 Å². The predicted molar refractivity (Wildman–Crippen MR) is 64.1 cm³/mol. The second kappa shape index (κ2) is 5.16. The highest BCUT2D eigenvalue weighted by molar-refractivity contribution is 5.95. The molecule has 17 heavy (non-hydrogen) atoms. The van der Waals surface area contributed by atoms with Gasteiger partial charge >= 0.3 is 0 Å². The van der Waals surface area contributed by atoms with Gasteiger partial charge in [-0.2, -0.15) is 0 Å². The van der Waals surface area contributed by atoms with E-state index in [1.807, 2.05) is 13.1 Å². The number of aliphatic hydroxyl groups excluding tert-OH is 1. The summed E-state index contributed by atoms with van der Waals surface area (Å²) >= 11 is 0. The monoisotopic (exact) mass is 236 g/mol. The molecule has 1 aromatic rings. The highest BCUT2D eigenvalue weighted by atomic mass is 16.5. The molecule has 1 aromatic carbocycles. The Morgan fingerprint density at radius 3 is 3.18 bits per heavy atom. The lowest BCUT2D eigenvalue weighted by atomic mass is 10.0. The minimum absolute atomic E-state index is 0.0503. The molecule has 1 heterocycles. The van der Waals surface area contributed by atoms with Crippen molar-refractivity contribution in [3.8, 4) is 5.75 Å². The summed E-state index contributed by atoms with van der Waals surface area (Å²) in [7, 11) is 1.84. The third-order valence-electron chi connectivity index (χ3n) is 2.69. The number of ether oxygens (including phenoxy) is 1. The van der Waals surface area contributed by atoms with Crippen LogP contribution >= 0.6 is 0 Å². The number of anilines is 1. The quantitative estimate of drug-likeness (QED) is 0.718. The molecule has 1 unspecified atom stereocenters. The fourth-order valence-corrected chi connectivity index (χ4v) is 1.76. The molecule has 0 spiro atoms. The number of hydrogen-bond acceptors (Lipinski definition) is 4. The summed E-state index contributed by atoms with van der Waals surface area (Å²) in [4.78, 5) is 11.2. The highest BCUT2D eigenvalue weighted by Gasteiger charge is 2.17. The van der Waals surface area contributed by atoms with Crippen LogP contribution in [0.1, 0.15) is 18.1 Å². The van der Waals surface area contributed by atoms with Gasteiger partial charge in [-0.3, -0.25) is 4.79 Å². The summed E-state index contributed by atoms with van der Waals surface area (Å²) in [6.07, 6.45) is 0.0935. The first-order valence-electron chi connectivity index (χ1n) is 5.60. The van der Waals surface area contributed by atoms with Gasteiger partial charge in [-0.05, 0) is 37.7 Å². The fraction of sp³-hybridized carbons (Fsp3) is 0.417. The lowest BCUT2D eigenvalue weighted by molar-refractivity contribution is -0.118. The van der Waals surface area contributed by atoms with Gasteiger partial charge in [0.2, 0.25) is 0 Å². The van der Waals surface area contributed by atoms with Crippen molar-refractivity contribution in [3.05, 3.63) is 23.8 Å². The third kappa shape index (κ3) is 2.75. The van der Waals surface area contributed by atoms with Crippen LogP contribution in [-0.4, -0.2) is 31.2 Å². The summed E-state index contributed by atoms with van der Waals surface area (Å²) in [5.74, 6) is 0.480. The van der Waals surface area contributed by atoms with Gasteiger partial charge in [0, 0.05) is 0 Å². The number of hydrogen-bond donors (Lipinski definition) is 3. The number of fused-ring (bicyclic) bond motifs is 1. The minimum Gasteiger partial charge on any atom is -0.482 e. The van der Waals surface area contributed by atoms with Crippen LogP contribution in [0.2, 0.25) is 0 Å². The van der Waals surface area contributed by atoms with Crippen LogP contribution in [0, 0.1) is 0 Å². The SMILES string of the molecule is CNCCC(O)c1ccc2c(c1)NC(=O)CO2. The second-order valence-corrected chi connectivity index (χ2v) is 4.00. The highest BCUT2D eigenvalue weighted by Crippen LogP contribution is 2.31. The Morgan fingerprint density at radius 2 is 2.41 bits per heavy atom. The number of carbonyl (C=O) groups excluding carboxylic acids is 1. The Hall–Kier alpha value is -1.59. The van der Waals surface area contributed by atoms with Crippen molar-refractivity contribution in [1.82, 2.24) is 5.32 Å². The topological polar surface area (TPSA) is 70.6 Å². The fourth-order valence-electron chi connectivity index (χ4n) is 1.76. The van der Waals surface area contributed by atoms with Gasteiger partial charge in [0.05, 0.1) is 11.8 Å². The van der Waals surface area contributed by atoms with Crippen LogP contribution in [-0.2, 0) is 4.79 Å². The Morgan fingerprint density at radius 1 is 1.59 bits per heavy atom. The maximum Gasteiger partial charge on any atom is 0.262 e. The molecule has 92 valence electrons. The van der Waals surface area contributed by atoms with E-state index in [9.17, 15) is 9.90 Å². The Bertz CT molecular complexity index is 420. The van der Waals surface area contributed by atoms with Crippen molar-refractivity contribution < 1.29 is 14.6 Å². The standard InChI is InChI=1S/C12H16N2O3/c1-13-5-4-10(15)8-2-3-11-9(6-8)14-12(16)7-17-11/h2-3,6,10,13,15H,4-5,7H2,1H3,(H,14,16). The molecule has 1 aliphatic heterocycles. The lowest BCUT2D eigenvalue weighted by Crippen LogP contribution is -2.25. The predicted octanol–water partition coefficient (Wildman–Crippen LogP) is 0.660. The maximum absolute atomic E-state index is 11.2. The maximum atomic E-state index is 11.2. The molecule has 3 N–H and O–H groups in total. The van der Waals surface area contributed by atoms with Gasteiger partial charge in [0.15, 0.2) is 6.61 Å². The van der Waals surface area contributed by atoms with E-state index in [-0.39, 0.29) is 12.5 Å². The summed E-state index contributed by atoms with van der Waals surface area (Å²) < 4.78 is 5.25. The van der Waals surface area contributed by atoms with Crippen LogP contribution in [0.25, 0.3) is 0 Å². The molecule has 0 aromatic heterocycles. The summed E-state index contributed by atoms with van der Waals surface area (Å²) in [6.45, 7) is 0.787. The van der Waals surface area contributed by atoms with E-state index in [1.165, 1.54) is 0 Å². The van der Waals surface area contributed by atoms with Crippen molar-refractivity contribution in [3.63, 3.8) is 0 Å². The number of nitrogens with one attached hydrogen (secondary N) is 2. The first-order chi connectivity index (χ1) is 8.20. The first kappa shape index (κ1) is 11.9. The Kier molecular flexibility index (Phi) is 3.61. The van der Waals surface area contributed by atoms with E-state index in [2.05, 4.69) is 10.6 Å². The molecule has 2 rings (SSSR count). The van der Waals surface area contributed by atoms with Gasteiger partial charge < -0.3 is 20.5 Å². The average molecular weight is 236 g/mol. The molecule has 0 aliphatic carbocycles. The largest absolute Gasteiger partial charge is 0.482 e. The number of carbonyl (C=O) groups is 1. The lowest BCUT2D eigenvalue weighted by Gasteiger charge is -2.20.